The Morgan fingerprint density at radius 3 is 2.62 bits per heavy atom. The van der Waals surface area contributed by atoms with Gasteiger partial charge in [0.05, 0.1) is 5.52 Å². The van der Waals surface area contributed by atoms with E-state index in [-0.39, 0.29) is 17.9 Å². The summed E-state index contributed by atoms with van der Waals surface area (Å²) in [4.78, 5) is 22.0. The minimum Gasteiger partial charge on any atom is -0.338 e. The predicted octanol–water partition coefficient (Wildman–Crippen LogP) is 4.67. The van der Waals surface area contributed by atoms with Gasteiger partial charge in [-0.3, -0.25) is 4.79 Å². The van der Waals surface area contributed by atoms with E-state index < -0.39 is 0 Å². The predicted molar refractivity (Wildman–Crippen MR) is 127 cm³/mol. The number of amides is 1. The van der Waals surface area contributed by atoms with Crippen molar-refractivity contribution in [1.82, 2.24) is 24.5 Å². The molecular formula is C24H31ClN6O. The van der Waals surface area contributed by atoms with Crippen LogP contribution in [0.5, 0.6) is 0 Å². The number of hydrogen-bond acceptors (Lipinski definition) is 5. The van der Waals surface area contributed by atoms with Crippen molar-refractivity contribution < 1.29 is 4.79 Å². The zero-order chi connectivity index (χ0) is 22.4. The van der Waals surface area contributed by atoms with Gasteiger partial charge in [0.15, 0.2) is 5.65 Å². The van der Waals surface area contributed by atoms with Crippen LogP contribution in [0.25, 0.3) is 16.6 Å². The Hall–Kier alpha value is -2.41. The van der Waals surface area contributed by atoms with Crippen molar-refractivity contribution >= 4 is 40.0 Å². The Labute approximate surface area is 193 Å². The van der Waals surface area contributed by atoms with Crippen LogP contribution < -0.4 is 4.90 Å². The molecule has 1 atom stereocenters. The summed E-state index contributed by atoms with van der Waals surface area (Å²) >= 11 is 6.30. The molecule has 1 aliphatic carbocycles. The fourth-order valence-corrected chi connectivity index (χ4v) is 5.41. The van der Waals surface area contributed by atoms with Crippen LogP contribution >= 0.6 is 11.6 Å². The number of benzene rings is 1. The lowest BCUT2D eigenvalue weighted by atomic mass is 9.89. The number of halogens is 1. The van der Waals surface area contributed by atoms with Gasteiger partial charge in [-0.1, -0.05) is 44.7 Å². The number of carbonyl (C=O) groups excluding carboxylic acids is 1. The number of nitrogens with zero attached hydrogens (tertiary/aromatic N) is 6. The van der Waals surface area contributed by atoms with Gasteiger partial charge in [-0.25, -0.2) is 9.38 Å². The SMILES string of the molecule is CC(C)C(=O)N1CCN(c2nc3cc(Cl)ccc3c3nnc(C4CCCCC4)n23)C[C@@H]1C. The van der Waals surface area contributed by atoms with Crippen molar-refractivity contribution in [2.24, 2.45) is 5.92 Å². The van der Waals surface area contributed by atoms with Gasteiger partial charge in [-0.15, -0.1) is 10.2 Å². The largest absolute Gasteiger partial charge is 0.338 e. The maximum atomic E-state index is 12.6. The molecule has 5 rings (SSSR count). The molecule has 1 aromatic carbocycles. The zero-order valence-corrected chi connectivity index (χ0v) is 19.8. The molecular weight excluding hydrogens is 424 g/mol. The number of hydrogen-bond donors (Lipinski definition) is 0. The normalized spacial score (nSPS) is 20.6. The summed E-state index contributed by atoms with van der Waals surface area (Å²) in [5, 5.41) is 10.9. The minimum atomic E-state index is 0.00685. The minimum absolute atomic E-state index is 0.00685. The van der Waals surface area contributed by atoms with Crippen LogP contribution in [0.1, 0.15) is 64.6 Å². The van der Waals surface area contributed by atoms with Crippen LogP contribution in [0.2, 0.25) is 5.02 Å². The van der Waals surface area contributed by atoms with Gasteiger partial charge >= 0.3 is 0 Å². The second-order valence-electron chi connectivity index (χ2n) is 9.61. The van der Waals surface area contributed by atoms with Gasteiger partial charge in [0.1, 0.15) is 5.82 Å². The number of aromatic nitrogens is 4. The summed E-state index contributed by atoms with van der Waals surface area (Å²) in [6.45, 7) is 8.21. The average molecular weight is 455 g/mol. The Morgan fingerprint density at radius 2 is 1.91 bits per heavy atom. The summed E-state index contributed by atoms with van der Waals surface area (Å²) in [7, 11) is 0. The third kappa shape index (κ3) is 3.70. The van der Waals surface area contributed by atoms with Crippen molar-refractivity contribution in [2.45, 2.75) is 64.8 Å². The molecule has 1 saturated heterocycles. The van der Waals surface area contributed by atoms with E-state index in [1.165, 1.54) is 19.3 Å². The molecule has 1 aliphatic heterocycles. The highest BCUT2D eigenvalue weighted by atomic mass is 35.5. The van der Waals surface area contributed by atoms with Gasteiger partial charge in [-0.05, 0) is 38.0 Å². The van der Waals surface area contributed by atoms with Crippen LogP contribution in [-0.4, -0.2) is 56.1 Å². The summed E-state index contributed by atoms with van der Waals surface area (Å²) in [5.74, 6) is 2.52. The Balaban J connectivity index is 1.60. The van der Waals surface area contributed by atoms with Crippen LogP contribution in [-0.2, 0) is 4.79 Å². The van der Waals surface area contributed by atoms with E-state index in [0.717, 1.165) is 54.3 Å². The number of anilines is 1. The zero-order valence-electron chi connectivity index (χ0n) is 19.1. The first-order valence-corrected chi connectivity index (χ1v) is 12.2. The van der Waals surface area contributed by atoms with Gasteiger partial charge in [0, 0.05) is 47.9 Å². The van der Waals surface area contributed by atoms with E-state index in [4.69, 9.17) is 16.6 Å². The average Bonchev–Trinajstić information content (AvgIpc) is 3.23. The molecule has 3 aromatic rings. The third-order valence-corrected chi connectivity index (χ3v) is 7.20. The smallest absolute Gasteiger partial charge is 0.225 e. The monoisotopic (exact) mass is 454 g/mol. The van der Waals surface area contributed by atoms with Crippen LogP contribution in [0.3, 0.4) is 0 Å². The summed E-state index contributed by atoms with van der Waals surface area (Å²) in [5.41, 5.74) is 1.67. The Morgan fingerprint density at radius 1 is 1.12 bits per heavy atom. The molecule has 2 fully saturated rings. The molecule has 1 saturated carbocycles. The molecule has 8 heteroatoms. The molecule has 2 aliphatic rings. The van der Waals surface area contributed by atoms with Crippen LogP contribution in [0, 0.1) is 5.92 Å². The number of fused-ring (bicyclic) bond motifs is 3. The first-order chi connectivity index (χ1) is 15.4. The molecule has 0 bridgehead atoms. The molecule has 1 amide bonds. The van der Waals surface area contributed by atoms with Gasteiger partial charge in [0.25, 0.3) is 0 Å². The molecule has 32 heavy (non-hydrogen) atoms. The van der Waals surface area contributed by atoms with E-state index in [9.17, 15) is 4.79 Å². The van der Waals surface area contributed by atoms with Crippen LogP contribution in [0.4, 0.5) is 5.95 Å². The maximum Gasteiger partial charge on any atom is 0.225 e. The second kappa shape index (κ2) is 8.50. The molecule has 0 radical (unpaired) electrons. The summed E-state index contributed by atoms with van der Waals surface area (Å²) in [6, 6.07) is 5.89. The van der Waals surface area contributed by atoms with Crippen molar-refractivity contribution in [3.63, 3.8) is 0 Å². The molecule has 0 spiro atoms. The molecule has 170 valence electrons. The summed E-state index contributed by atoms with van der Waals surface area (Å²) < 4.78 is 2.18. The van der Waals surface area contributed by atoms with Crippen molar-refractivity contribution in [2.75, 3.05) is 24.5 Å². The molecule has 3 heterocycles. The van der Waals surface area contributed by atoms with Gasteiger partial charge < -0.3 is 9.80 Å². The lowest BCUT2D eigenvalue weighted by Crippen LogP contribution is -2.55. The molecule has 0 unspecified atom stereocenters. The highest BCUT2D eigenvalue weighted by Gasteiger charge is 2.32. The highest BCUT2D eigenvalue weighted by molar-refractivity contribution is 6.31. The van der Waals surface area contributed by atoms with E-state index in [1.807, 2.05) is 36.9 Å². The lowest BCUT2D eigenvalue weighted by Gasteiger charge is -2.41. The molecule has 2 aromatic heterocycles. The maximum absolute atomic E-state index is 12.6. The van der Waals surface area contributed by atoms with E-state index in [0.29, 0.717) is 17.5 Å². The Kier molecular flexibility index (Phi) is 5.70. The second-order valence-corrected chi connectivity index (χ2v) is 10.0. The first kappa shape index (κ1) is 21.4. The topological polar surface area (TPSA) is 66.6 Å². The number of piperazine rings is 1. The van der Waals surface area contributed by atoms with E-state index in [1.54, 1.807) is 0 Å². The van der Waals surface area contributed by atoms with Gasteiger partial charge in [-0.2, -0.15) is 0 Å². The van der Waals surface area contributed by atoms with Crippen molar-refractivity contribution in [3.8, 4) is 0 Å². The van der Waals surface area contributed by atoms with Gasteiger partial charge in [0.2, 0.25) is 11.9 Å². The van der Waals surface area contributed by atoms with Crippen molar-refractivity contribution in [3.05, 3.63) is 29.0 Å². The molecule has 0 N–H and O–H groups in total. The fourth-order valence-electron chi connectivity index (χ4n) is 5.25. The van der Waals surface area contributed by atoms with E-state index in [2.05, 4.69) is 26.4 Å². The number of carbonyl (C=O) groups is 1. The fraction of sp³-hybridized carbons (Fsp3) is 0.583. The van der Waals surface area contributed by atoms with Crippen LogP contribution in [0.15, 0.2) is 18.2 Å². The quantitative estimate of drug-likeness (QED) is 0.575. The lowest BCUT2D eigenvalue weighted by molar-refractivity contribution is -0.136. The summed E-state index contributed by atoms with van der Waals surface area (Å²) in [6.07, 6.45) is 6.05. The molecule has 7 nitrogen and oxygen atoms in total. The van der Waals surface area contributed by atoms with E-state index >= 15 is 0 Å². The first-order valence-electron chi connectivity index (χ1n) is 11.8. The van der Waals surface area contributed by atoms with Crippen molar-refractivity contribution in [1.29, 1.82) is 0 Å². The Bertz CT molecular complexity index is 1150. The number of rotatable bonds is 3. The highest BCUT2D eigenvalue weighted by Crippen LogP contribution is 2.35. The standard InChI is InChI=1S/C24H31ClN6O/c1-15(2)23(32)30-12-11-29(14-16(30)3)24-26-20-13-18(25)9-10-19(20)22-28-27-21(31(22)24)17-7-5-4-6-8-17/h9-10,13,15-17H,4-8,11-12,14H2,1-3H3/t16-/m0/s1. The third-order valence-electron chi connectivity index (χ3n) is 6.97.